The molecule has 0 fully saturated rings. The number of benzene rings is 1. The van der Waals surface area contributed by atoms with Gasteiger partial charge in [0, 0.05) is 12.2 Å². The summed E-state index contributed by atoms with van der Waals surface area (Å²) in [4.78, 5) is 13.6. The Kier molecular flexibility index (Phi) is 11.2. The van der Waals surface area contributed by atoms with E-state index in [0.717, 1.165) is 49.4 Å². The number of rotatable bonds is 14. The van der Waals surface area contributed by atoms with E-state index in [2.05, 4.69) is 53.7 Å². The van der Waals surface area contributed by atoms with E-state index in [9.17, 15) is 4.79 Å². The fraction of sp³-hybridized carbons (Fsp3) is 0.552. The number of unbranched alkanes of at least 4 members (excludes halogenated alkanes) is 1. The van der Waals surface area contributed by atoms with Crippen molar-refractivity contribution in [2.24, 2.45) is 5.92 Å². The molecule has 0 radical (unpaired) electrons. The molecule has 2 N–H and O–H groups in total. The maximum Gasteiger partial charge on any atom is 0.297 e. The van der Waals surface area contributed by atoms with Crippen LogP contribution in [0.25, 0.3) is 10.9 Å². The largest absolute Gasteiger partial charge is 0.485 e. The van der Waals surface area contributed by atoms with Gasteiger partial charge in [-0.25, -0.2) is 0 Å². The topological polar surface area (TPSA) is 66.5 Å². The number of allylic oxidation sites excluding steroid dienone is 3. The first-order valence-corrected chi connectivity index (χ1v) is 12.8. The number of fused-ring (bicyclic) bond motifs is 1. The lowest BCUT2D eigenvalue weighted by atomic mass is 10.1. The predicted octanol–water partition coefficient (Wildman–Crippen LogP) is 7.27. The number of ether oxygens (including phenoxy) is 2. The highest BCUT2D eigenvalue weighted by Gasteiger charge is 2.22. The van der Waals surface area contributed by atoms with Crippen LogP contribution < -0.4 is 20.8 Å². The minimum Gasteiger partial charge on any atom is -0.485 e. The molecule has 2 rings (SSSR count). The van der Waals surface area contributed by atoms with Crippen molar-refractivity contribution in [2.45, 2.75) is 86.6 Å². The summed E-state index contributed by atoms with van der Waals surface area (Å²) in [5.41, 5.74) is 10.3. The lowest BCUT2D eigenvalue weighted by Crippen LogP contribution is -2.25. The number of hydrogen-bond donors (Lipinski definition) is 1. The van der Waals surface area contributed by atoms with Crippen LogP contribution >= 0.6 is 0 Å². The monoisotopic (exact) mass is 468 g/mol. The molecule has 0 amide bonds. The van der Waals surface area contributed by atoms with E-state index in [1.165, 1.54) is 11.1 Å². The van der Waals surface area contributed by atoms with E-state index in [4.69, 9.17) is 15.2 Å². The van der Waals surface area contributed by atoms with Gasteiger partial charge in [-0.3, -0.25) is 4.79 Å². The molecular formula is C29H44N2O3. The van der Waals surface area contributed by atoms with Crippen molar-refractivity contribution in [3.8, 4) is 11.5 Å². The number of aryl methyl sites for hydroxylation is 1. The van der Waals surface area contributed by atoms with Gasteiger partial charge in [0.25, 0.3) is 5.56 Å². The van der Waals surface area contributed by atoms with E-state index < -0.39 is 0 Å². The molecule has 0 saturated carbocycles. The Hall–Kier alpha value is -2.69. The normalized spacial score (nSPS) is 12.6. The van der Waals surface area contributed by atoms with Crippen LogP contribution in [-0.4, -0.2) is 17.8 Å². The maximum absolute atomic E-state index is 13.6. The molecule has 188 valence electrons. The molecule has 2 aromatic rings. The number of hydrogen-bond acceptors (Lipinski definition) is 4. The Morgan fingerprint density at radius 3 is 2.53 bits per heavy atom. The lowest BCUT2D eigenvalue weighted by molar-refractivity contribution is 0.233. The van der Waals surface area contributed by atoms with Gasteiger partial charge in [-0.1, -0.05) is 56.9 Å². The van der Waals surface area contributed by atoms with Crippen LogP contribution in [-0.2, 0) is 6.54 Å². The molecule has 1 atom stereocenters. The van der Waals surface area contributed by atoms with Gasteiger partial charge in [0.05, 0.1) is 17.5 Å². The van der Waals surface area contributed by atoms with Gasteiger partial charge < -0.3 is 19.8 Å². The zero-order valence-corrected chi connectivity index (χ0v) is 22.1. The summed E-state index contributed by atoms with van der Waals surface area (Å²) >= 11 is 0. The summed E-state index contributed by atoms with van der Waals surface area (Å²) in [5, 5.41) is 0.756. The van der Waals surface area contributed by atoms with Crippen LogP contribution in [0.2, 0.25) is 0 Å². The first-order valence-electron chi connectivity index (χ1n) is 12.8. The molecule has 0 spiro atoms. The number of nitrogens with two attached hydrogens (primary N) is 1. The summed E-state index contributed by atoms with van der Waals surface area (Å²) in [6.07, 6.45) is 10.3. The molecule has 34 heavy (non-hydrogen) atoms. The third-order valence-corrected chi connectivity index (χ3v) is 6.02. The third kappa shape index (κ3) is 7.68. The number of anilines is 1. The highest BCUT2D eigenvalue weighted by Crippen LogP contribution is 2.37. The average Bonchev–Trinajstić information content (AvgIpc) is 2.78. The molecule has 0 aliphatic heterocycles. The molecule has 5 nitrogen and oxygen atoms in total. The predicted molar refractivity (Wildman–Crippen MR) is 145 cm³/mol. The molecule has 0 aliphatic carbocycles. The van der Waals surface area contributed by atoms with Crippen molar-refractivity contribution in [2.75, 3.05) is 18.9 Å². The second kappa shape index (κ2) is 13.9. The quantitative estimate of drug-likeness (QED) is 0.234. The minimum atomic E-state index is -0.144. The highest BCUT2D eigenvalue weighted by molar-refractivity contribution is 5.97. The van der Waals surface area contributed by atoms with Crippen LogP contribution in [0.5, 0.6) is 11.5 Å². The van der Waals surface area contributed by atoms with Crippen LogP contribution in [0.4, 0.5) is 5.69 Å². The van der Waals surface area contributed by atoms with Gasteiger partial charge >= 0.3 is 0 Å². The molecule has 5 heteroatoms. The Bertz CT molecular complexity index is 1050. The zero-order chi connectivity index (χ0) is 25.1. The molecule has 0 aliphatic rings. The van der Waals surface area contributed by atoms with E-state index in [0.29, 0.717) is 37.1 Å². The van der Waals surface area contributed by atoms with Crippen molar-refractivity contribution in [3.05, 3.63) is 51.9 Å². The fourth-order valence-corrected chi connectivity index (χ4v) is 4.04. The summed E-state index contributed by atoms with van der Waals surface area (Å²) in [6.45, 7) is 14.2. The first kappa shape index (κ1) is 27.6. The summed E-state index contributed by atoms with van der Waals surface area (Å²) in [5.74, 6) is 1.09. The number of pyridine rings is 1. The summed E-state index contributed by atoms with van der Waals surface area (Å²) < 4.78 is 14.2. The van der Waals surface area contributed by atoms with Gasteiger partial charge in [0.15, 0.2) is 5.75 Å². The number of nitrogens with zero attached hydrogens (tertiary/aromatic N) is 1. The van der Waals surface area contributed by atoms with E-state index >= 15 is 0 Å². The second-order valence-corrected chi connectivity index (χ2v) is 9.60. The van der Waals surface area contributed by atoms with Crippen molar-refractivity contribution >= 4 is 16.6 Å². The molecule has 1 heterocycles. The Balaban J connectivity index is 2.47. The minimum absolute atomic E-state index is 0.144. The van der Waals surface area contributed by atoms with Crippen molar-refractivity contribution in [1.29, 1.82) is 0 Å². The van der Waals surface area contributed by atoms with Gasteiger partial charge in [0.1, 0.15) is 6.61 Å². The number of aromatic nitrogens is 1. The third-order valence-electron chi connectivity index (χ3n) is 6.02. The van der Waals surface area contributed by atoms with Crippen LogP contribution in [0.1, 0.15) is 80.1 Å². The fourth-order valence-electron chi connectivity index (χ4n) is 4.04. The van der Waals surface area contributed by atoms with Gasteiger partial charge in [0.2, 0.25) is 5.75 Å². The lowest BCUT2D eigenvalue weighted by Gasteiger charge is -2.20. The smallest absolute Gasteiger partial charge is 0.297 e. The molecule has 1 aromatic carbocycles. The summed E-state index contributed by atoms with van der Waals surface area (Å²) in [7, 11) is 0. The standard InChI is InChI=1S/C29H44N2O3/c1-7-9-18-31-25-16-11-15-24(30)26(25)27(28(29(31)32)34-20-23(6)12-8-2)33-19-17-22(5)14-10-13-21(3)4/h11,13,15-17,23H,7-10,12,14,18-20,30H2,1-6H3. The van der Waals surface area contributed by atoms with Crippen molar-refractivity contribution in [3.63, 3.8) is 0 Å². The zero-order valence-electron chi connectivity index (χ0n) is 22.1. The Labute approximate surface area is 205 Å². The molecule has 0 bridgehead atoms. The second-order valence-electron chi connectivity index (χ2n) is 9.60. The maximum atomic E-state index is 13.6. The summed E-state index contributed by atoms with van der Waals surface area (Å²) in [6, 6.07) is 5.69. The Morgan fingerprint density at radius 1 is 1.09 bits per heavy atom. The molecule has 0 saturated heterocycles. The highest BCUT2D eigenvalue weighted by atomic mass is 16.5. The van der Waals surface area contributed by atoms with E-state index in [1.807, 2.05) is 18.2 Å². The Morgan fingerprint density at radius 2 is 1.85 bits per heavy atom. The molecule has 1 unspecified atom stereocenters. The van der Waals surface area contributed by atoms with Gasteiger partial charge in [-0.05, 0) is 70.6 Å². The van der Waals surface area contributed by atoms with Gasteiger partial charge in [-0.15, -0.1) is 0 Å². The first-order chi connectivity index (χ1) is 16.3. The van der Waals surface area contributed by atoms with Crippen molar-refractivity contribution in [1.82, 2.24) is 4.57 Å². The van der Waals surface area contributed by atoms with Crippen LogP contribution in [0.3, 0.4) is 0 Å². The van der Waals surface area contributed by atoms with Gasteiger partial charge in [-0.2, -0.15) is 0 Å². The molecule has 1 aromatic heterocycles. The van der Waals surface area contributed by atoms with Crippen LogP contribution in [0, 0.1) is 5.92 Å². The van der Waals surface area contributed by atoms with Crippen LogP contribution in [0.15, 0.2) is 46.3 Å². The van der Waals surface area contributed by atoms with E-state index in [-0.39, 0.29) is 11.3 Å². The van der Waals surface area contributed by atoms with Crippen molar-refractivity contribution < 1.29 is 9.47 Å². The number of nitrogen functional groups attached to an aromatic ring is 1. The molecular weight excluding hydrogens is 424 g/mol. The van der Waals surface area contributed by atoms with E-state index in [1.54, 1.807) is 4.57 Å². The average molecular weight is 469 g/mol. The SMILES string of the molecule is CCCCn1c(=O)c(OCC(C)CCC)c(OCC=C(C)CCC=C(C)C)c2c(N)cccc21.